The molecule has 20 heavy (non-hydrogen) atoms. The lowest BCUT2D eigenvalue weighted by atomic mass is 9.83. The van der Waals surface area contributed by atoms with Crippen LogP contribution in [0.1, 0.15) is 30.5 Å². The first-order chi connectivity index (χ1) is 9.63. The minimum Gasteiger partial charge on any atom is -0.309 e. The second-order valence-corrected chi connectivity index (χ2v) is 6.12. The maximum Gasteiger partial charge on any atom is 0.0480 e. The molecule has 0 saturated carbocycles. The maximum atomic E-state index is 3.70. The molecule has 0 aliphatic heterocycles. The molecule has 0 radical (unpaired) electrons. The predicted molar refractivity (Wildman–Crippen MR) is 86.2 cm³/mol. The van der Waals surface area contributed by atoms with E-state index < -0.39 is 0 Å². The van der Waals surface area contributed by atoms with Crippen molar-refractivity contribution in [3.63, 3.8) is 0 Å². The van der Waals surface area contributed by atoms with Crippen LogP contribution in [0.15, 0.2) is 24.3 Å². The van der Waals surface area contributed by atoms with Gasteiger partial charge in [-0.25, -0.2) is 0 Å². The summed E-state index contributed by atoms with van der Waals surface area (Å²) in [5.41, 5.74) is 3.03. The smallest absolute Gasteiger partial charge is 0.0480 e. The van der Waals surface area contributed by atoms with Crippen LogP contribution in [0.3, 0.4) is 0 Å². The first-order valence-electron chi connectivity index (χ1n) is 7.79. The van der Waals surface area contributed by atoms with Crippen molar-refractivity contribution < 1.29 is 0 Å². The van der Waals surface area contributed by atoms with E-state index in [-0.39, 0.29) is 0 Å². The van der Waals surface area contributed by atoms with Gasteiger partial charge in [-0.2, -0.15) is 0 Å². The fraction of sp³-hybridized carbons (Fsp3) is 0.647. The highest BCUT2D eigenvalue weighted by Crippen LogP contribution is 2.32. The van der Waals surface area contributed by atoms with Gasteiger partial charge in [0.05, 0.1) is 0 Å². The summed E-state index contributed by atoms with van der Waals surface area (Å²) in [5, 5.41) is 3.70. The molecule has 0 saturated heterocycles. The molecule has 2 atom stereocenters. The van der Waals surface area contributed by atoms with Crippen LogP contribution in [0.25, 0.3) is 0 Å². The number of benzene rings is 1. The molecule has 0 aromatic heterocycles. The summed E-state index contributed by atoms with van der Waals surface area (Å²) in [6.07, 6.45) is 2.45. The molecule has 0 fully saturated rings. The van der Waals surface area contributed by atoms with Gasteiger partial charge in [-0.3, -0.25) is 0 Å². The van der Waals surface area contributed by atoms with Gasteiger partial charge in [0.15, 0.2) is 0 Å². The SMILES string of the molecule is CCNC1c2ccccc2CCC1N(C)CCN(C)C. The summed E-state index contributed by atoms with van der Waals surface area (Å²) in [4.78, 5) is 4.79. The van der Waals surface area contributed by atoms with Crippen LogP contribution in [0, 0.1) is 0 Å². The Labute approximate surface area is 124 Å². The highest BCUT2D eigenvalue weighted by molar-refractivity contribution is 5.34. The van der Waals surface area contributed by atoms with Crippen LogP contribution in [0.4, 0.5) is 0 Å². The van der Waals surface area contributed by atoms with Crippen LogP contribution < -0.4 is 5.32 Å². The van der Waals surface area contributed by atoms with E-state index in [1.165, 1.54) is 24.0 Å². The average molecular weight is 275 g/mol. The number of aryl methyl sites for hydroxylation is 1. The number of nitrogens with zero attached hydrogens (tertiary/aromatic N) is 2. The number of likely N-dealkylation sites (N-methyl/N-ethyl adjacent to an activating group) is 3. The van der Waals surface area contributed by atoms with E-state index >= 15 is 0 Å². The van der Waals surface area contributed by atoms with E-state index in [0.29, 0.717) is 12.1 Å². The summed E-state index contributed by atoms with van der Waals surface area (Å²) < 4.78 is 0. The van der Waals surface area contributed by atoms with E-state index in [4.69, 9.17) is 0 Å². The second kappa shape index (κ2) is 7.21. The van der Waals surface area contributed by atoms with E-state index in [1.54, 1.807) is 0 Å². The van der Waals surface area contributed by atoms with E-state index in [9.17, 15) is 0 Å². The zero-order valence-corrected chi connectivity index (χ0v) is 13.4. The zero-order valence-electron chi connectivity index (χ0n) is 13.4. The molecule has 0 amide bonds. The van der Waals surface area contributed by atoms with Crippen LogP contribution in [-0.2, 0) is 6.42 Å². The summed E-state index contributed by atoms with van der Waals surface area (Å²) in [6, 6.07) is 10.00. The fourth-order valence-electron chi connectivity index (χ4n) is 3.21. The summed E-state index contributed by atoms with van der Waals surface area (Å²) >= 11 is 0. The summed E-state index contributed by atoms with van der Waals surface area (Å²) in [6.45, 7) is 5.47. The van der Waals surface area contributed by atoms with Gasteiger partial charge in [0.1, 0.15) is 0 Å². The van der Waals surface area contributed by atoms with Gasteiger partial charge in [0.2, 0.25) is 0 Å². The van der Waals surface area contributed by atoms with E-state index in [1.807, 2.05) is 0 Å². The van der Waals surface area contributed by atoms with Crippen molar-refractivity contribution >= 4 is 0 Å². The Hall–Kier alpha value is -0.900. The van der Waals surface area contributed by atoms with Gasteiger partial charge < -0.3 is 15.1 Å². The highest BCUT2D eigenvalue weighted by atomic mass is 15.2. The Morgan fingerprint density at radius 2 is 1.90 bits per heavy atom. The first kappa shape index (κ1) is 15.5. The van der Waals surface area contributed by atoms with Crippen molar-refractivity contribution in [2.24, 2.45) is 0 Å². The highest BCUT2D eigenvalue weighted by Gasteiger charge is 2.31. The maximum absolute atomic E-state index is 3.70. The molecule has 2 unspecified atom stereocenters. The lowest BCUT2D eigenvalue weighted by Gasteiger charge is -2.40. The first-order valence-corrected chi connectivity index (χ1v) is 7.79. The topological polar surface area (TPSA) is 18.5 Å². The van der Waals surface area contributed by atoms with Crippen molar-refractivity contribution in [1.29, 1.82) is 0 Å². The number of hydrogen-bond acceptors (Lipinski definition) is 3. The number of hydrogen-bond donors (Lipinski definition) is 1. The largest absolute Gasteiger partial charge is 0.309 e. The van der Waals surface area contributed by atoms with Gasteiger partial charge in [-0.15, -0.1) is 0 Å². The van der Waals surface area contributed by atoms with Crippen molar-refractivity contribution in [1.82, 2.24) is 15.1 Å². The van der Waals surface area contributed by atoms with Gasteiger partial charge in [0.25, 0.3) is 0 Å². The molecule has 0 spiro atoms. The molecule has 0 heterocycles. The van der Waals surface area contributed by atoms with Crippen molar-refractivity contribution in [3.05, 3.63) is 35.4 Å². The summed E-state index contributed by atoms with van der Waals surface area (Å²) in [5.74, 6) is 0. The third-order valence-corrected chi connectivity index (χ3v) is 4.37. The molecule has 1 N–H and O–H groups in total. The monoisotopic (exact) mass is 275 g/mol. The average Bonchev–Trinajstić information content (AvgIpc) is 2.45. The standard InChI is InChI=1S/C17H29N3/c1-5-18-17-15-9-7-6-8-14(15)10-11-16(17)20(4)13-12-19(2)3/h6-9,16-18H,5,10-13H2,1-4H3. The Bertz CT molecular complexity index is 416. The minimum absolute atomic E-state index is 0.470. The number of fused-ring (bicyclic) bond motifs is 1. The molecule has 1 aromatic carbocycles. The fourth-order valence-corrected chi connectivity index (χ4v) is 3.21. The van der Waals surface area contributed by atoms with Crippen molar-refractivity contribution in [2.75, 3.05) is 40.8 Å². The van der Waals surface area contributed by atoms with Crippen LogP contribution >= 0.6 is 0 Å². The van der Waals surface area contributed by atoms with Crippen molar-refractivity contribution in [2.45, 2.75) is 31.8 Å². The van der Waals surface area contributed by atoms with Gasteiger partial charge in [0, 0.05) is 25.2 Å². The third kappa shape index (κ3) is 3.60. The normalized spacial score (nSPS) is 22.3. The minimum atomic E-state index is 0.470. The molecular weight excluding hydrogens is 246 g/mol. The molecule has 2 rings (SSSR count). The predicted octanol–water partition coefficient (Wildman–Crippen LogP) is 2.15. The summed E-state index contributed by atoms with van der Waals surface area (Å²) in [7, 11) is 6.56. The number of rotatable bonds is 6. The van der Waals surface area contributed by atoms with Crippen LogP contribution in [-0.4, -0.2) is 56.6 Å². The molecule has 3 heteroatoms. The van der Waals surface area contributed by atoms with Crippen molar-refractivity contribution in [3.8, 4) is 0 Å². The molecule has 1 aliphatic rings. The van der Waals surface area contributed by atoms with E-state index in [0.717, 1.165) is 19.6 Å². The molecule has 3 nitrogen and oxygen atoms in total. The number of nitrogens with one attached hydrogen (secondary N) is 1. The van der Waals surface area contributed by atoms with Gasteiger partial charge >= 0.3 is 0 Å². The molecule has 0 bridgehead atoms. The van der Waals surface area contributed by atoms with E-state index in [2.05, 4.69) is 67.4 Å². The molecular formula is C17H29N3. The molecule has 1 aliphatic carbocycles. The van der Waals surface area contributed by atoms with Crippen LogP contribution in [0.2, 0.25) is 0 Å². The van der Waals surface area contributed by atoms with Crippen LogP contribution in [0.5, 0.6) is 0 Å². The quantitative estimate of drug-likeness (QED) is 0.858. The Kier molecular flexibility index (Phi) is 5.58. The lowest BCUT2D eigenvalue weighted by Crippen LogP contribution is -2.47. The lowest BCUT2D eigenvalue weighted by molar-refractivity contribution is 0.161. The third-order valence-electron chi connectivity index (χ3n) is 4.37. The Morgan fingerprint density at radius 1 is 1.15 bits per heavy atom. The molecule has 1 aromatic rings. The Morgan fingerprint density at radius 3 is 2.60 bits per heavy atom. The Balaban J connectivity index is 2.13. The van der Waals surface area contributed by atoms with Gasteiger partial charge in [-0.05, 0) is 51.7 Å². The molecule has 112 valence electrons. The second-order valence-electron chi connectivity index (χ2n) is 6.12. The zero-order chi connectivity index (χ0) is 14.5. The van der Waals surface area contributed by atoms with Gasteiger partial charge in [-0.1, -0.05) is 31.2 Å².